The maximum Gasteiger partial charge on any atom is 0.432 e. The van der Waals surface area contributed by atoms with E-state index in [0.29, 0.717) is 36.8 Å². The van der Waals surface area contributed by atoms with Crippen LogP contribution in [-0.2, 0) is 11.0 Å². The smallest absolute Gasteiger partial charge is 0.432 e. The van der Waals surface area contributed by atoms with Crippen molar-refractivity contribution in [1.82, 2.24) is 15.3 Å². The monoisotopic (exact) mass is 534 g/mol. The summed E-state index contributed by atoms with van der Waals surface area (Å²) in [5.41, 5.74) is 0.114. The summed E-state index contributed by atoms with van der Waals surface area (Å²) >= 11 is 0. The Balaban J connectivity index is 1.54. The molecule has 1 aliphatic rings. The first-order chi connectivity index (χ1) is 17.6. The number of nitrogens with one attached hydrogen (secondary N) is 3. The Kier molecular flexibility index (Phi) is 8.09. The number of hydrogen-bond acceptors (Lipinski definition) is 6. The van der Waals surface area contributed by atoms with Crippen molar-refractivity contribution in [3.8, 4) is 29.0 Å². The summed E-state index contributed by atoms with van der Waals surface area (Å²) in [6, 6.07) is 13.3. The van der Waals surface area contributed by atoms with E-state index in [4.69, 9.17) is 4.74 Å². The van der Waals surface area contributed by atoms with Gasteiger partial charge in [0.25, 0.3) is 0 Å². The van der Waals surface area contributed by atoms with Gasteiger partial charge in [-0.2, -0.15) is 23.8 Å². The summed E-state index contributed by atoms with van der Waals surface area (Å²) in [6.07, 6.45) is -3.53. The third-order valence-electron chi connectivity index (χ3n) is 5.66. The number of aromatic amines is 1. The van der Waals surface area contributed by atoms with Crippen LogP contribution < -0.4 is 15.4 Å². The quantitative estimate of drug-likeness (QED) is 0.296. The normalized spacial score (nSPS) is 17.8. The molecule has 1 atom stereocenters. The predicted octanol–water partition coefficient (Wildman–Crippen LogP) is 4.58. The number of anilines is 1. The summed E-state index contributed by atoms with van der Waals surface area (Å²) < 4.78 is 65.4. The highest BCUT2D eigenvalue weighted by Gasteiger charge is 2.33. The van der Waals surface area contributed by atoms with Gasteiger partial charge in [0.1, 0.15) is 17.3 Å². The number of rotatable bonds is 6. The van der Waals surface area contributed by atoms with Crippen LogP contribution in [0, 0.1) is 11.8 Å². The number of carbonyl (C=O) groups is 1. The van der Waals surface area contributed by atoms with Crippen LogP contribution in [0.15, 0.2) is 54.7 Å². The average molecular weight is 535 g/mol. The van der Waals surface area contributed by atoms with E-state index < -0.39 is 28.4 Å². The number of amides is 1. The Morgan fingerprint density at radius 2 is 2.00 bits per heavy atom. The first-order valence-corrected chi connectivity index (χ1v) is 13.1. The number of nitrogens with zero attached hydrogens (tertiary/aromatic N) is 1. The number of ether oxygens (including phenoxy) is 1. The van der Waals surface area contributed by atoms with Gasteiger partial charge in [-0.15, -0.1) is 0 Å². The molecule has 0 bridgehead atoms. The number of aromatic nitrogens is 2. The molecule has 0 saturated carbocycles. The van der Waals surface area contributed by atoms with Crippen LogP contribution in [0.4, 0.5) is 18.9 Å². The summed E-state index contributed by atoms with van der Waals surface area (Å²) in [6.45, 7) is 1.10. The van der Waals surface area contributed by atoms with Gasteiger partial charge >= 0.3 is 12.1 Å². The average Bonchev–Trinajstić information content (AvgIpc) is 3.36. The van der Waals surface area contributed by atoms with Crippen LogP contribution >= 0.6 is 10.6 Å². The third-order valence-corrected chi connectivity index (χ3v) is 7.93. The van der Waals surface area contributed by atoms with Gasteiger partial charge in [-0.1, -0.05) is 24.1 Å². The van der Waals surface area contributed by atoms with Crippen molar-refractivity contribution < 1.29 is 31.8 Å². The fraction of sp³-hybridized carbons (Fsp3) is 0.280. The van der Waals surface area contributed by atoms with E-state index in [1.807, 2.05) is 6.07 Å². The number of imidazole rings is 1. The second-order valence-electron chi connectivity index (χ2n) is 8.31. The molecule has 2 heterocycles. The molecule has 1 aromatic heterocycles. The van der Waals surface area contributed by atoms with Gasteiger partial charge in [0.2, 0.25) is 0 Å². The van der Waals surface area contributed by atoms with Gasteiger partial charge in [-0.05, 0) is 30.3 Å². The summed E-state index contributed by atoms with van der Waals surface area (Å²) in [7, 11) is -2.73. The summed E-state index contributed by atoms with van der Waals surface area (Å²) in [5, 5.41) is 5.37. The summed E-state index contributed by atoms with van der Waals surface area (Å²) in [4.78, 5) is 18.6. The number of halogens is 3. The molecule has 3 aromatic rings. The lowest BCUT2D eigenvalue weighted by atomic mass is 10.1. The topological polar surface area (TPSA) is 120 Å². The Hall–Kier alpha value is -3.50. The molecule has 1 unspecified atom stereocenters. The standard InChI is InChI=1S/C25H25F3N4O4S/c26-25(27,28)22-16-30-24(32-22)18-7-8-21(36-12-10-19-15-29-11-13-37(19,34)35)20(14-18)31-23(33)9-6-17-4-2-1-3-5-17/h1-5,7-8,14,16,19,29,34-35H,10-13,15H2,(H,30,32)(H,31,33). The highest BCUT2D eigenvalue weighted by atomic mass is 32.3. The first-order valence-electron chi connectivity index (χ1n) is 11.3. The lowest BCUT2D eigenvalue weighted by molar-refractivity contribution is -0.140. The van der Waals surface area contributed by atoms with Crippen LogP contribution in [-0.4, -0.2) is 55.7 Å². The lowest BCUT2D eigenvalue weighted by Gasteiger charge is -2.43. The molecule has 1 fully saturated rings. The molecule has 0 spiro atoms. The fourth-order valence-corrected chi connectivity index (χ4v) is 5.33. The van der Waals surface area contributed by atoms with Gasteiger partial charge < -0.3 is 20.4 Å². The molecule has 1 amide bonds. The molecule has 0 radical (unpaired) electrons. The number of benzene rings is 2. The van der Waals surface area contributed by atoms with Crippen molar-refractivity contribution in [2.75, 3.05) is 30.8 Å². The van der Waals surface area contributed by atoms with E-state index in [9.17, 15) is 27.1 Å². The SMILES string of the molecule is O=C(C#Cc1ccccc1)Nc1cc(-c2ncc(C(F)(F)F)[nH]2)ccc1OCCC1CNCCS1(O)O. The van der Waals surface area contributed by atoms with Gasteiger partial charge in [0.05, 0.1) is 29.5 Å². The highest BCUT2D eigenvalue weighted by molar-refractivity contribution is 8.24. The Morgan fingerprint density at radius 1 is 1.22 bits per heavy atom. The minimum Gasteiger partial charge on any atom is -0.491 e. The van der Waals surface area contributed by atoms with Gasteiger partial charge in [0, 0.05) is 36.6 Å². The van der Waals surface area contributed by atoms with Crippen molar-refractivity contribution in [1.29, 1.82) is 0 Å². The van der Waals surface area contributed by atoms with Crippen LogP contribution in [0.3, 0.4) is 0 Å². The Labute approximate surface area is 213 Å². The van der Waals surface area contributed by atoms with Gasteiger partial charge in [-0.25, -0.2) is 4.98 Å². The zero-order valence-electron chi connectivity index (χ0n) is 19.5. The third kappa shape index (κ3) is 7.05. The molecule has 1 aliphatic heterocycles. The van der Waals surface area contributed by atoms with E-state index in [2.05, 4.69) is 32.4 Å². The van der Waals surface area contributed by atoms with Gasteiger partial charge in [-0.3, -0.25) is 13.9 Å². The molecule has 2 aromatic carbocycles. The van der Waals surface area contributed by atoms with Crippen LogP contribution in [0.1, 0.15) is 17.7 Å². The van der Waals surface area contributed by atoms with Crippen molar-refractivity contribution in [3.63, 3.8) is 0 Å². The van der Waals surface area contributed by atoms with Crippen LogP contribution in [0.2, 0.25) is 0 Å². The van der Waals surface area contributed by atoms with Crippen molar-refractivity contribution in [2.24, 2.45) is 0 Å². The van der Waals surface area contributed by atoms with Gasteiger partial charge in [0.15, 0.2) is 0 Å². The summed E-state index contributed by atoms with van der Waals surface area (Å²) in [5.74, 6) is 5.06. The second kappa shape index (κ2) is 11.3. The number of H-pyrrole nitrogens is 1. The number of alkyl halides is 3. The highest BCUT2D eigenvalue weighted by Crippen LogP contribution is 2.46. The molecule has 1 saturated heterocycles. The maximum atomic E-state index is 13.0. The molecular formula is C25H25F3N4O4S. The molecule has 196 valence electrons. The number of hydrogen-bond donors (Lipinski definition) is 5. The van der Waals surface area contributed by atoms with E-state index in [1.165, 1.54) is 18.2 Å². The van der Waals surface area contributed by atoms with E-state index in [0.717, 1.165) is 0 Å². The fourth-order valence-electron chi connectivity index (χ4n) is 3.69. The molecule has 8 nitrogen and oxygen atoms in total. The largest absolute Gasteiger partial charge is 0.491 e. The molecule has 5 N–H and O–H groups in total. The van der Waals surface area contributed by atoms with Crippen molar-refractivity contribution in [3.05, 3.63) is 66.0 Å². The first kappa shape index (κ1) is 26.6. The Bertz CT molecular complexity index is 1300. The van der Waals surface area contributed by atoms with Crippen molar-refractivity contribution >= 4 is 22.2 Å². The van der Waals surface area contributed by atoms with E-state index in [-0.39, 0.29) is 34.9 Å². The van der Waals surface area contributed by atoms with E-state index >= 15 is 0 Å². The Morgan fingerprint density at radius 3 is 2.70 bits per heavy atom. The van der Waals surface area contributed by atoms with Crippen LogP contribution in [0.5, 0.6) is 5.75 Å². The molecule has 0 aliphatic carbocycles. The molecule has 12 heteroatoms. The maximum absolute atomic E-state index is 13.0. The zero-order chi connectivity index (χ0) is 26.5. The minimum atomic E-state index is -4.58. The van der Waals surface area contributed by atoms with Crippen molar-refractivity contribution in [2.45, 2.75) is 17.8 Å². The zero-order valence-corrected chi connectivity index (χ0v) is 20.3. The molecule has 4 rings (SSSR count). The molecule has 37 heavy (non-hydrogen) atoms. The van der Waals surface area contributed by atoms with Crippen LogP contribution in [0.25, 0.3) is 11.4 Å². The lowest BCUT2D eigenvalue weighted by Crippen LogP contribution is -2.41. The minimum absolute atomic E-state index is 0.0352. The number of carbonyl (C=O) groups excluding carboxylic acids is 1. The molecular weight excluding hydrogens is 509 g/mol. The second-order valence-corrected chi connectivity index (χ2v) is 10.8. The van der Waals surface area contributed by atoms with E-state index in [1.54, 1.807) is 24.3 Å². The predicted molar refractivity (Wildman–Crippen MR) is 135 cm³/mol.